The van der Waals surface area contributed by atoms with Gasteiger partial charge < -0.3 is 10.5 Å². The molecule has 1 aromatic rings. The Morgan fingerprint density at radius 3 is 2.29 bits per heavy atom. The molecular weight excluding hydrogens is 212 g/mol. The Morgan fingerprint density at radius 2 is 1.79 bits per heavy atom. The Kier molecular flexibility index (Phi) is 6.16. The summed E-state index contributed by atoms with van der Waals surface area (Å²) in [5.74, 6) is 0. The normalized spacial score (nSPS) is 9.93. The number of benzene rings is 1. The SMILES string of the molecule is Cl.Nc1ccc(COCC(F)F)cc1. The van der Waals surface area contributed by atoms with Crippen molar-refractivity contribution >= 4 is 18.1 Å². The van der Waals surface area contributed by atoms with Gasteiger partial charge in [-0.15, -0.1) is 12.4 Å². The van der Waals surface area contributed by atoms with E-state index >= 15 is 0 Å². The van der Waals surface area contributed by atoms with Gasteiger partial charge in [-0.3, -0.25) is 0 Å². The van der Waals surface area contributed by atoms with Gasteiger partial charge in [0.25, 0.3) is 6.43 Å². The van der Waals surface area contributed by atoms with Gasteiger partial charge in [0, 0.05) is 5.69 Å². The van der Waals surface area contributed by atoms with Crippen molar-refractivity contribution in [2.24, 2.45) is 0 Å². The third kappa shape index (κ3) is 4.99. The van der Waals surface area contributed by atoms with Crippen molar-refractivity contribution in [3.8, 4) is 0 Å². The van der Waals surface area contributed by atoms with Crippen LogP contribution < -0.4 is 5.73 Å². The summed E-state index contributed by atoms with van der Waals surface area (Å²) in [5.41, 5.74) is 6.94. The third-order valence-electron chi connectivity index (χ3n) is 1.49. The number of nitrogen functional groups attached to an aromatic ring is 1. The van der Waals surface area contributed by atoms with E-state index in [2.05, 4.69) is 0 Å². The Morgan fingerprint density at radius 1 is 1.21 bits per heavy atom. The number of ether oxygens (including phenoxy) is 1. The summed E-state index contributed by atoms with van der Waals surface area (Å²) in [5, 5.41) is 0. The molecule has 0 radical (unpaired) electrons. The van der Waals surface area contributed by atoms with Crippen LogP contribution in [0, 0.1) is 0 Å². The molecule has 0 saturated carbocycles. The maximum atomic E-state index is 11.7. The number of alkyl halides is 2. The van der Waals surface area contributed by atoms with Crippen LogP contribution in [0.2, 0.25) is 0 Å². The first-order valence-corrected chi connectivity index (χ1v) is 3.89. The van der Waals surface area contributed by atoms with E-state index in [1.165, 1.54) is 0 Å². The van der Waals surface area contributed by atoms with Crippen LogP contribution in [0.1, 0.15) is 5.56 Å². The molecule has 1 rings (SSSR count). The lowest BCUT2D eigenvalue weighted by Gasteiger charge is -2.03. The van der Waals surface area contributed by atoms with Crippen molar-refractivity contribution in [1.82, 2.24) is 0 Å². The Hall–Kier alpha value is -0.870. The van der Waals surface area contributed by atoms with Crippen LogP contribution in [-0.4, -0.2) is 13.0 Å². The van der Waals surface area contributed by atoms with Crippen LogP contribution in [0.5, 0.6) is 0 Å². The quantitative estimate of drug-likeness (QED) is 0.796. The first-order chi connectivity index (χ1) is 6.18. The predicted molar refractivity (Wildman–Crippen MR) is 53.8 cm³/mol. The lowest BCUT2D eigenvalue weighted by atomic mass is 10.2. The van der Waals surface area contributed by atoms with Gasteiger partial charge in [-0.25, -0.2) is 8.78 Å². The van der Waals surface area contributed by atoms with Crippen molar-refractivity contribution in [1.29, 1.82) is 0 Å². The fourth-order valence-corrected chi connectivity index (χ4v) is 0.880. The van der Waals surface area contributed by atoms with Gasteiger partial charge in [0.1, 0.15) is 6.61 Å². The monoisotopic (exact) mass is 223 g/mol. The van der Waals surface area contributed by atoms with Gasteiger partial charge in [-0.05, 0) is 17.7 Å². The molecule has 0 unspecified atom stereocenters. The Balaban J connectivity index is 0.00000169. The zero-order chi connectivity index (χ0) is 9.68. The smallest absolute Gasteiger partial charge is 0.261 e. The van der Waals surface area contributed by atoms with Crippen LogP contribution in [0.4, 0.5) is 14.5 Å². The van der Waals surface area contributed by atoms with Crippen LogP contribution >= 0.6 is 12.4 Å². The number of hydrogen-bond donors (Lipinski definition) is 1. The molecule has 14 heavy (non-hydrogen) atoms. The molecule has 0 bridgehead atoms. The molecule has 1 aromatic carbocycles. The van der Waals surface area contributed by atoms with Crippen molar-refractivity contribution in [2.45, 2.75) is 13.0 Å². The van der Waals surface area contributed by atoms with Crippen molar-refractivity contribution in [2.75, 3.05) is 12.3 Å². The number of hydrogen-bond acceptors (Lipinski definition) is 2. The average Bonchev–Trinajstić information content (AvgIpc) is 2.08. The van der Waals surface area contributed by atoms with Gasteiger partial charge >= 0.3 is 0 Å². The third-order valence-corrected chi connectivity index (χ3v) is 1.49. The van der Waals surface area contributed by atoms with E-state index < -0.39 is 13.0 Å². The van der Waals surface area contributed by atoms with E-state index in [0.717, 1.165) is 5.56 Å². The van der Waals surface area contributed by atoms with Crippen molar-refractivity contribution < 1.29 is 13.5 Å². The summed E-state index contributed by atoms with van der Waals surface area (Å²) in [6.45, 7) is -0.324. The summed E-state index contributed by atoms with van der Waals surface area (Å²) in [6.07, 6.45) is -2.41. The highest BCUT2D eigenvalue weighted by Gasteiger charge is 2.01. The molecule has 0 aromatic heterocycles. The van der Waals surface area contributed by atoms with Gasteiger partial charge in [0.15, 0.2) is 0 Å². The maximum absolute atomic E-state index is 11.7. The van der Waals surface area contributed by atoms with E-state index in [9.17, 15) is 8.78 Å². The highest BCUT2D eigenvalue weighted by molar-refractivity contribution is 5.85. The second-order valence-corrected chi connectivity index (χ2v) is 2.65. The number of nitrogens with two attached hydrogens (primary N) is 1. The van der Waals surface area contributed by atoms with E-state index in [1.807, 2.05) is 0 Å². The molecule has 0 spiro atoms. The lowest BCUT2D eigenvalue weighted by molar-refractivity contribution is 0.00988. The topological polar surface area (TPSA) is 35.2 Å². The van der Waals surface area contributed by atoms with Gasteiger partial charge in [-0.1, -0.05) is 12.1 Å². The second kappa shape index (κ2) is 6.56. The van der Waals surface area contributed by atoms with Gasteiger partial charge in [0.2, 0.25) is 0 Å². The Labute approximate surface area is 87.5 Å². The first-order valence-electron chi connectivity index (χ1n) is 3.89. The van der Waals surface area contributed by atoms with Crippen molar-refractivity contribution in [3.05, 3.63) is 29.8 Å². The van der Waals surface area contributed by atoms with Gasteiger partial charge in [0.05, 0.1) is 6.61 Å². The zero-order valence-corrected chi connectivity index (χ0v) is 8.27. The lowest BCUT2D eigenvalue weighted by Crippen LogP contribution is -2.04. The molecule has 0 aliphatic carbocycles. The van der Waals surface area contributed by atoms with Crippen LogP contribution in [0.15, 0.2) is 24.3 Å². The van der Waals surface area contributed by atoms with E-state index in [-0.39, 0.29) is 19.0 Å². The van der Waals surface area contributed by atoms with Gasteiger partial charge in [-0.2, -0.15) is 0 Å². The van der Waals surface area contributed by atoms with Crippen LogP contribution in [-0.2, 0) is 11.3 Å². The molecule has 2 N–H and O–H groups in total. The average molecular weight is 224 g/mol. The molecule has 0 atom stereocenters. The van der Waals surface area contributed by atoms with E-state index in [1.54, 1.807) is 24.3 Å². The fourth-order valence-electron chi connectivity index (χ4n) is 0.880. The minimum Gasteiger partial charge on any atom is -0.399 e. The standard InChI is InChI=1S/C9H11F2NO.ClH/c10-9(11)6-13-5-7-1-3-8(12)4-2-7;/h1-4,9H,5-6,12H2;1H. The van der Waals surface area contributed by atoms with Crippen LogP contribution in [0.3, 0.4) is 0 Å². The second-order valence-electron chi connectivity index (χ2n) is 2.65. The molecule has 0 saturated heterocycles. The summed E-state index contributed by atoms with van der Waals surface area (Å²) < 4.78 is 28.0. The number of halogens is 3. The minimum absolute atomic E-state index is 0. The molecule has 0 heterocycles. The predicted octanol–water partition coefficient (Wildman–Crippen LogP) is 2.47. The molecule has 0 fully saturated rings. The highest BCUT2D eigenvalue weighted by atomic mass is 35.5. The molecule has 2 nitrogen and oxygen atoms in total. The first kappa shape index (κ1) is 13.1. The van der Waals surface area contributed by atoms with E-state index in [4.69, 9.17) is 10.5 Å². The number of anilines is 1. The van der Waals surface area contributed by atoms with Crippen LogP contribution in [0.25, 0.3) is 0 Å². The minimum atomic E-state index is -2.41. The molecule has 0 aliphatic heterocycles. The Bertz CT molecular complexity index is 253. The molecule has 0 aliphatic rings. The highest BCUT2D eigenvalue weighted by Crippen LogP contribution is 2.07. The molecule has 5 heteroatoms. The van der Waals surface area contributed by atoms with Crippen molar-refractivity contribution in [3.63, 3.8) is 0 Å². The summed E-state index contributed by atoms with van der Waals surface area (Å²) in [4.78, 5) is 0. The molecule has 80 valence electrons. The maximum Gasteiger partial charge on any atom is 0.261 e. The van der Waals surface area contributed by atoms with E-state index in [0.29, 0.717) is 5.69 Å². The zero-order valence-electron chi connectivity index (χ0n) is 7.45. The molecule has 0 amide bonds. The fraction of sp³-hybridized carbons (Fsp3) is 0.333. The summed E-state index contributed by atoms with van der Waals surface area (Å²) >= 11 is 0. The molecular formula is C9H12ClF2NO. The number of rotatable bonds is 4. The summed E-state index contributed by atoms with van der Waals surface area (Å²) in [7, 11) is 0. The largest absolute Gasteiger partial charge is 0.399 e. The summed E-state index contributed by atoms with van der Waals surface area (Å²) in [6, 6.07) is 6.92.